The van der Waals surface area contributed by atoms with E-state index in [9.17, 15) is 9.59 Å². The monoisotopic (exact) mass is 524 g/mol. The summed E-state index contributed by atoms with van der Waals surface area (Å²) >= 11 is 13.7. The van der Waals surface area contributed by atoms with Gasteiger partial charge in [-0.1, -0.05) is 60.2 Å². The average Bonchev–Trinajstić information content (AvgIpc) is 3.39. The molecule has 10 heteroatoms. The summed E-state index contributed by atoms with van der Waals surface area (Å²) in [5.74, 6) is 0.992. The van der Waals surface area contributed by atoms with Crippen LogP contribution in [0.1, 0.15) is 70.6 Å². The van der Waals surface area contributed by atoms with Crippen LogP contribution in [0.2, 0.25) is 10.0 Å². The van der Waals surface area contributed by atoms with Crippen molar-refractivity contribution in [3.63, 3.8) is 0 Å². The van der Waals surface area contributed by atoms with E-state index >= 15 is 0 Å². The number of H-pyrrole nitrogens is 1. The Bertz CT molecular complexity index is 1080. The highest BCUT2D eigenvalue weighted by atomic mass is 35.5. The molecule has 5 rings (SSSR count). The molecule has 1 unspecified atom stereocenters. The van der Waals surface area contributed by atoms with E-state index in [1.807, 2.05) is 6.92 Å². The zero-order valence-corrected chi connectivity index (χ0v) is 21.8. The van der Waals surface area contributed by atoms with Gasteiger partial charge >= 0.3 is 5.97 Å². The minimum absolute atomic E-state index is 0.119. The Hall–Kier alpha value is -1.77. The van der Waals surface area contributed by atoms with Gasteiger partial charge in [0.2, 0.25) is 0 Å². The van der Waals surface area contributed by atoms with Crippen LogP contribution in [-0.2, 0) is 11.2 Å². The SMILES string of the molecule is CCOC(=O)c1sc(N2C[C@@H]3C(NC(=O)c4[nH]c(C)c(Cl)c4Cl)[C@@H]3C2)nc1CCC1CCCC1. The highest BCUT2D eigenvalue weighted by Crippen LogP contribution is 2.48. The van der Waals surface area contributed by atoms with E-state index in [-0.39, 0.29) is 22.9 Å². The Labute approximate surface area is 213 Å². The summed E-state index contributed by atoms with van der Waals surface area (Å²) in [7, 11) is 0. The number of amides is 1. The van der Waals surface area contributed by atoms with Gasteiger partial charge in [-0.25, -0.2) is 9.78 Å². The number of aromatic amines is 1. The lowest BCUT2D eigenvalue weighted by Gasteiger charge is -2.19. The predicted octanol–water partition coefficient (Wildman–Crippen LogP) is 5.25. The van der Waals surface area contributed by atoms with Crippen LogP contribution in [0.3, 0.4) is 0 Å². The predicted molar refractivity (Wildman–Crippen MR) is 134 cm³/mol. The van der Waals surface area contributed by atoms with Crippen LogP contribution in [-0.4, -0.2) is 47.6 Å². The van der Waals surface area contributed by atoms with Gasteiger partial charge in [-0.2, -0.15) is 0 Å². The first-order valence-corrected chi connectivity index (χ1v) is 13.7. The van der Waals surface area contributed by atoms with Crippen LogP contribution < -0.4 is 10.2 Å². The molecule has 1 saturated heterocycles. The van der Waals surface area contributed by atoms with Crippen molar-refractivity contribution < 1.29 is 14.3 Å². The number of carbonyl (C=O) groups excluding carboxylic acids is 2. The summed E-state index contributed by atoms with van der Waals surface area (Å²) in [5, 5.41) is 4.64. The Balaban J connectivity index is 1.22. The lowest BCUT2D eigenvalue weighted by Crippen LogP contribution is -2.34. The lowest BCUT2D eigenvalue weighted by molar-refractivity contribution is 0.0530. The summed E-state index contributed by atoms with van der Waals surface area (Å²) in [6, 6.07) is 0.119. The van der Waals surface area contributed by atoms with E-state index in [0.29, 0.717) is 39.7 Å². The molecule has 2 aliphatic carbocycles. The van der Waals surface area contributed by atoms with Gasteiger partial charge in [-0.3, -0.25) is 4.79 Å². The number of thiazole rings is 1. The van der Waals surface area contributed by atoms with Crippen molar-refractivity contribution in [2.24, 2.45) is 17.8 Å². The molecule has 2 aromatic rings. The normalized spacial score (nSPS) is 23.9. The Morgan fingerprint density at radius 3 is 2.53 bits per heavy atom. The van der Waals surface area contributed by atoms with Gasteiger partial charge in [0.15, 0.2) is 5.13 Å². The van der Waals surface area contributed by atoms with Crippen molar-refractivity contribution in [1.29, 1.82) is 0 Å². The van der Waals surface area contributed by atoms with Gasteiger partial charge in [-0.05, 0) is 32.6 Å². The van der Waals surface area contributed by atoms with Crippen molar-refractivity contribution in [1.82, 2.24) is 15.3 Å². The number of ether oxygens (including phenoxy) is 1. The average molecular weight is 526 g/mol. The molecule has 2 aromatic heterocycles. The van der Waals surface area contributed by atoms with Gasteiger partial charge in [-0.15, -0.1) is 0 Å². The van der Waals surface area contributed by atoms with E-state index < -0.39 is 0 Å². The maximum atomic E-state index is 12.7. The summed E-state index contributed by atoms with van der Waals surface area (Å²) in [6.07, 6.45) is 7.11. The highest BCUT2D eigenvalue weighted by Gasteiger charge is 2.57. The second kappa shape index (κ2) is 9.70. The minimum Gasteiger partial charge on any atom is -0.462 e. The molecule has 3 heterocycles. The van der Waals surface area contributed by atoms with Crippen LogP contribution in [0.4, 0.5) is 5.13 Å². The van der Waals surface area contributed by atoms with E-state index in [1.54, 1.807) is 6.92 Å². The van der Waals surface area contributed by atoms with Gasteiger partial charge in [0.25, 0.3) is 5.91 Å². The molecule has 0 aromatic carbocycles. The first-order valence-electron chi connectivity index (χ1n) is 12.1. The van der Waals surface area contributed by atoms with E-state index in [4.69, 9.17) is 32.9 Å². The molecule has 3 atom stereocenters. The summed E-state index contributed by atoms with van der Waals surface area (Å²) in [6.45, 7) is 5.60. The zero-order chi connectivity index (χ0) is 24.0. The number of nitrogens with one attached hydrogen (secondary N) is 2. The number of carbonyl (C=O) groups is 2. The molecule has 34 heavy (non-hydrogen) atoms. The molecule has 184 valence electrons. The number of hydrogen-bond acceptors (Lipinski definition) is 6. The molecule has 1 aliphatic heterocycles. The number of rotatable bonds is 8. The van der Waals surface area contributed by atoms with Gasteiger partial charge in [0.1, 0.15) is 10.6 Å². The van der Waals surface area contributed by atoms with Crippen molar-refractivity contribution in [2.75, 3.05) is 24.6 Å². The maximum Gasteiger partial charge on any atom is 0.350 e. The summed E-state index contributed by atoms with van der Waals surface area (Å²) < 4.78 is 5.31. The zero-order valence-electron chi connectivity index (χ0n) is 19.5. The fourth-order valence-electron chi connectivity index (χ4n) is 5.49. The Morgan fingerprint density at radius 1 is 1.21 bits per heavy atom. The third kappa shape index (κ3) is 4.56. The molecular weight excluding hydrogens is 495 g/mol. The first-order chi connectivity index (χ1) is 16.4. The molecule has 1 amide bonds. The molecule has 0 bridgehead atoms. The third-order valence-electron chi connectivity index (χ3n) is 7.45. The Kier molecular flexibility index (Phi) is 6.84. The standard InChI is InChI=1S/C24H30Cl2N4O3S/c1-3-33-23(32)21-16(9-8-13-6-4-5-7-13)28-24(34-21)30-10-14-15(11-30)19(14)29-22(31)20-18(26)17(25)12(2)27-20/h13-15,19,27H,3-11H2,1-2H3,(H,29,31)/t14-,15+,19?. The van der Waals surface area contributed by atoms with Crippen molar-refractivity contribution in [2.45, 2.75) is 58.4 Å². The molecule has 3 aliphatic rings. The summed E-state index contributed by atoms with van der Waals surface area (Å²) in [4.78, 5) is 36.0. The molecule has 2 N–H and O–H groups in total. The number of halogens is 2. The van der Waals surface area contributed by atoms with Crippen LogP contribution in [0.5, 0.6) is 0 Å². The number of hydrogen-bond donors (Lipinski definition) is 2. The lowest BCUT2D eigenvalue weighted by atomic mass is 10.0. The molecule has 0 spiro atoms. The molecular formula is C24H30Cl2N4O3S. The molecule has 3 fully saturated rings. The number of piperidine rings is 1. The van der Waals surface area contributed by atoms with Crippen LogP contribution in [0, 0.1) is 24.7 Å². The maximum absolute atomic E-state index is 12.7. The number of aryl methyl sites for hydroxylation is 2. The van der Waals surface area contributed by atoms with Crippen LogP contribution >= 0.6 is 34.5 Å². The number of anilines is 1. The number of fused-ring (bicyclic) bond motifs is 1. The largest absolute Gasteiger partial charge is 0.462 e. The van der Waals surface area contributed by atoms with E-state index in [0.717, 1.165) is 42.7 Å². The molecule has 2 saturated carbocycles. The quantitative estimate of drug-likeness (QED) is 0.460. The van der Waals surface area contributed by atoms with E-state index in [1.165, 1.54) is 37.0 Å². The topological polar surface area (TPSA) is 87.3 Å². The first kappa shape index (κ1) is 23.9. The van der Waals surface area contributed by atoms with Crippen LogP contribution in [0.15, 0.2) is 0 Å². The number of esters is 1. The van der Waals surface area contributed by atoms with Crippen molar-refractivity contribution in [3.05, 3.63) is 32.0 Å². The second-order valence-electron chi connectivity index (χ2n) is 9.67. The van der Waals surface area contributed by atoms with Crippen molar-refractivity contribution in [3.8, 4) is 0 Å². The smallest absolute Gasteiger partial charge is 0.350 e. The fourth-order valence-corrected chi connectivity index (χ4v) is 6.93. The minimum atomic E-state index is -0.265. The number of aromatic nitrogens is 2. The molecule has 0 radical (unpaired) electrons. The summed E-state index contributed by atoms with van der Waals surface area (Å²) in [5.41, 5.74) is 1.88. The fraction of sp³-hybridized carbons (Fsp3) is 0.625. The van der Waals surface area contributed by atoms with Gasteiger partial charge in [0, 0.05) is 36.7 Å². The van der Waals surface area contributed by atoms with Crippen molar-refractivity contribution >= 4 is 51.5 Å². The molecule has 7 nitrogen and oxygen atoms in total. The second-order valence-corrected chi connectivity index (χ2v) is 11.4. The van der Waals surface area contributed by atoms with Crippen LogP contribution in [0.25, 0.3) is 0 Å². The third-order valence-corrected chi connectivity index (χ3v) is 9.54. The Morgan fingerprint density at radius 2 is 1.91 bits per heavy atom. The van der Waals surface area contributed by atoms with Gasteiger partial charge in [0.05, 0.1) is 22.3 Å². The highest BCUT2D eigenvalue weighted by molar-refractivity contribution is 7.17. The van der Waals surface area contributed by atoms with Gasteiger partial charge < -0.3 is 19.9 Å². The number of nitrogens with zero attached hydrogens (tertiary/aromatic N) is 2. The van der Waals surface area contributed by atoms with E-state index in [2.05, 4.69) is 15.2 Å².